The summed E-state index contributed by atoms with van der Waals surface area (Å²) in [5.74, 6) is -0.162. The Morgan fingerprint density at radius 2 is 1.80 bits per heavy atom. The van der Waals surface area contributed by atoms with E-state index < -0.39 is 0 Å². The van der Waals surface area contributed by atoms with E-state index in [0.29, 0.717) is 0 Å². The molecule has 4 heteroatoms. The maximum absolute atomic E-state index is 12.2. The maximum Gasteiger partial charge on any atom is 0.308 e. The van der Waals surface area contributed by atoms with Gasteiger partial charge in [0, 0.05) is 11.6 Å². The molecule has 1 saturated carbocycles. The van der Waals surface area contributed by atoms with Crippen LogP contribution in [-0.2, 0) is 9.53 Å². The molecular weight excluding hydrogens is 254 g/mol. The Morgan fingerprint density at radius 1 is 1.15 bits per heavy atom. The zero-order valence-electron chi connectivity index (χ0n) is 12.0. The molecule has 4 nitrogen and oxygen atoms in total. The second-order valence-electron chi connectivity index (χ2n) is 5.36. The lowest BCUT2D eigenvalue weighted by Gasteiger charge is -2.27. The summed E-state index contributed by atoms with van der Waals surface area (Å²) in [6.07, 6.45) is 3.23. The van der Waals surface area contributed by atoms with E-state index in [2.05, 4.69) is 5.32 Å². The fourth-order valence-electron chi connectivity index (χ4n) is 2.73. The zero-order chi connectivity index (χ0) is 14.5. The van der Waals surface area contributed by atoms with Crippen molar-refractivity contribution in [2.24, 2.45) is 5.92 Å². The lowest BCUT2D eigenvalue weighted by atomic mass is 9.86. The van der Waals surface area contributed by atoms with Crippen molar-refractivity contribution in [2.45, 2.75) is 38.6 Å². The molecule has 1 fully saturated rings. The largest absolute Gasteiger partial charge is 0.469 e. The van der Waals surface area contributed by atoms with E-state index >= 15 is 0 Å². The Bertz CT molecular complexity index is 490. The first kappa shape index (κ1) is 14.6. The molecule has 1 aliphatic carbocycles. The third-order valence-corrected chi connectivity index (χ3v) is 3.99. The van der Waals surface area contributed by atoms with E-state index in [1.54, 1.807) is 0 Å². The number of carbonyl (C=O) groups excluding carboxylic acids is 2. The van der Waals surface area contributed by atoms with Crippen LogP contribution in [0.4, 0.5) is 0 Å². The monoisotopic (exact) mass is 275 g/mol. The predicted octanol–water partition coefficient (Wildman–Crippen LogP) is 2.46. The molecule has 1 amide bonds. The number of esters is 1. The van der Waals surface area contributed by atoms with E-state index in [0.717, 1.165) is 36.8 Å². The number of aryl methyl sites for hydroxylation is 1. The Balaban J connectivity index is 1.88. The highest BCUT2D eigenvalue weighted by molar-refractivity contribution is 5.95. The van der Waals surface area contributed by atoms with Gasteiger partial charge in [0.2, 0.25) is 0 Å². The molecule has 0 aliphatic heterocycles. The summed E-state index contributed by atoms with van der Waals surface area (Å²) < 4.78 is 4.76. The van der Waals surface area contributed by atoms with Crippen molar-refractivity contribution in [1.29, 1.82) is 0 Å². The van der Waals surface area contributed by atoms with Gasteiger partial charge in [-0.3, -0.25) is 9.59 Å². The number of hydrogen-bond donors (Lipinski definition) is 1. The summed E-state index contributed by atoms with van der Waals surface area (Å²) in [4.78, 5) is 23.7. The summed E-state index contributed by atoms with van der Waals surface area (Å²) in [5.41, 5.74) is 1.70. The van der Waals surface area contributed by atoms with Crippen LogP contribution in [0.5, 0.6) is 0 Å². The Morgan fingerprint density at radius 3 is 2.40 bits per heavy atom. The maximum atomic E-state index is 12.2. The van der Waals surface area contributed by atoms with Crippen molar-refractivity contribution in [2.75, 3.05) is 7.11 Å². The van der Waals surface area contributed by atoms with Crippen LogP contribution in [-0.4, -0.2) is 25.0 Å². The molecule has 2 rings (SSSR count). The molecular formula is C16H21NO3. The van der Waals surface area contributed by atoms with Gasteiger partial charge in [0.15, 0.2) is 0 Å². The fourth-order valence-corrected chi connectivity index (χ4v) is 2.73. The lowest BCUT2D eigenvalue weighted by molar-refractivity contribution is -0.146. The van der Waals surface area contributed by atoms with Crippen LogP contribution in [0, 0.1) is 12.8 Å². The minimum atomic E-state index is -0.131. The molecule has 0 atom stereocenters. The quantitative estimate of drug-likeness (QED) is 0.862. The van der Waals surface area contributed by atoms with Gasteiger partial charge < -0.3 is 10.1 Å². The molecule has 1 aliphatic rings. The third-order valence-electron chi connectivity index (χ3n) is 3.99. The smallest absolute Gasteiger partial charge is 0.308 e. The molecule has 0 unspecified atom stereocenters. The Labute approximate surface area is 119 Å². The summed E-state index contributed by atoms with van der Waals surface area (Å²) in [6, 6.07) is 7.72. The molecule has 0 spiro atoms. The Kier molecular flexibility index (Phi) is 4.77. The van der Waals surface area contributed by atoms with Crippen molar-refractivity contribution in [3.05, 3.63) is 35.4 Å². The molecule has 0 bridgehead atoms. The average Bonchev–Trinajstić information content (AvgIpc) is 2.47. The second-order valence-corrected chi connectivity index (χ2v) is 5.36. The van der Waals surface area contributed by atoms with Crippen molar-refractivity contribution in [3.63, 3.8) is 0 Å². The average molecular weight is 275 g/mol. The van der Waals surface area contributed by atoms with Gasteiger partial charge in [0.25, 0.3) is 5.91 Å². The van der Waals surface area contributed by atoms with Gasteiger partial charge in [0.05, 0.1) is 13.0 Å². The lowest BCUT2D eigenvalue weighted by Crippen LogP contribution is -2.39. The number of rotatable bonds is 3. The number of ether oxygens (including phenoxy) is 1. The molecule has 0 aromatic heterocycles. The Hall–Kier alpha value is -1.84. The van der Waals surface area contributed by atoms with Crippen LogP contribution in [0.25, 0.3) is 0 Å². The van der Waals surface area contributed by atoms with E-state index in [9.17, 15) is 9.59 Å². The molecule has 1 N–H and O–H groups in total. The van der Waals surface area contributed by atoms with Crippen molar-refractivity contribution < 1.29 is 14.3 Å². The third kappa shape index (κ3) is 3.38. The van der Waals surface area contributed by atoms with Gasteiger partial charge >= 0.3 is 5.97 Å². The van der Waals surface area contributed by atoms with Crippen molar-refractivity contribution in [3.8, 4) is 0 Å². The number of amides is 1. The molecule has 0 saturated heterocycles. The van der Waals surface area contributed by atoms with Gasteiger partial charge in [-0.15, -0.1) is 0 Å². The van der Waals surface area contributed by atoms with Gasteiger partial charge in [0.1, 0.15) is 0 Å². The molecule has 0 heterocycles. The van der Waals surface area contributed by atoms with Crippen LogP contribution in [0.3, 0.4) is 0 Å². The molecule has 0 radical (unpaired) electrons. The second kappa shape index (κ2) is 6.55. The first-order valence-electron chi connectivity index (χ1n) is 7.06. The molecule has 20 heavy (non-hydrogen) atoms. The van der Waals surface area contributed by atoms with E-state index in [4.69, 9.17) is 4.74 Å². The summed E-state index contributed by atoms with van der Waals surface area (Å²) in [7, 11) is 1.42. The van der Waals surface area contributed by atoms with Gasteiger partial charge in [-0.1, -0.05) is 18.2 Å². The summed E-state index contributed by atoms with van der Waals surface area (Å²) in [6.45, 7) is 1.93. The number of benzene rings is 1. The number of methoxy groups -OCH3 is 1. The van der Waals surface area contributed by atoms with Crippen LogP contribution in [0.15, 0.2) is 24.3 Å². The molecule has 1 aromatic carbocycles. The normalized spacial score (nSPS) is 22.1. The van der Waals surface area contributed by atoms with Crippen LogP contribution >= 0.6 is 0 Å². The number of nitrogens with one attached hydrogen (secondary N) is 1. The highest BCUT2D eigenvalue weighted by Crippen LogP contribution is 2.25. The number of hydrogen-bond acceptors (Lipinski definition) is 3. The summed E-state index contributed by atoms with van der Waals surface area (Å²) >= 11 is 0. The van der Waals surface area contributed by atoms with E-state index in [1.165, 1.54) is 7.11 Å². The van der Waals surface area contributed by atoms with E-state index in [1.807, 2.05) is 31.2 Å². The van der Waals surface area contributed by atoms with Gasteiger partial charge in [-0.05, 0) is 44.2 Å². The minimum Gasteiger partial charge on any atom is -0.469 e. The minimum absolute atomic E-state index is 0.00777. The topological polar surface area (TPSA) is 55.4 Å². The van der Waals surface area contributed by atoms with Crippen LogP contribution < -0.4 is 5.32 Å². The van der Waals surface area contributed by atoms with Gasteiger partial charge in [-0.25, -0.2) is 0 Å². The first-order chi connectivity index (χ1) is 9.61. The zero-order valence-corrected chi connectivity index (χ0v) is 12.0. The van der Waals surface area contributed by atoms with E-state index in [-0.39, 0.29) is 23.8 Å². The SMILES string of the molecule is COC(=O)C1CCC(NC(=O)c2ccccc2C)CC1. The molecule has 108 valence electrons. The highest BCUT2D eigenvalue weighted by atomic mass is 16.5. The van der Waals surface area contributed by atoms with Gasteiger partial charge in [-0.2, -0.15) is 0 Å². The molecule has 1 aromatic rings. The van der Waals surface area contributed by atoms with Crippen molar-refractivity contribution in [1.82, 2.24) is 5.32 Å². The van der Waals surface area contributed by atoms with Crippen LogP contribution in [0.1, 0.15) is 41.6 Å². The first-order valence-corrected chi connectivity index (χ1v) is 7.06. The highest BCUT2D eigenvalue weighted by Gasteiger charge is 2.27. The summed E-state index contributed by atoms with van der Waals surface area (Å²) in [5, 5.41) is 3.06. The standard InChI is InChI=1S/C16H21NO3/c1-11-5-3-4-6-14(11)15(18)17-13-9-7-12(8-10-13)16(19)20-2/h3-6,12-13H,7-10H2,1-2H3,(H,17,18). The van der Waals surface area contributed by atoms with Crippen molar-refractivity contribution >= 4 is 11.9 Å². The van der Waals surface area contributed by atoms with Crippen LogP contribution in [0.2, 0.25) is 0 Å². The fraction of sp³-hybridized carbons (Fsp3) is 0.500. The number of carbonyl (C=O) groups is 2. The predicted molar refractivity (Wildman–Crippen MR) is 76.4 cm³/mol.